The quantitative estimate of drug-likeness (QED) is 0.567. The van der Waals surface area contributed by atoms with Gasteiger partial charge in [0.2, 0.25) is 0 Å². The van der Waals surface area contributed by atoms with Crippen LogP contribution in [0.5, 0.6) is 5.75 Å². The van der Waals surface area contributed by atoms with Crippen molar-refractivity contribution in [2.45, 2.75) is 19.4 Å². The van der Waals surface area contributed by atoms with E-state index in [1.807, 2.05) is 12.1 Å². The van der Waals surface area contributed by atoms with E-state index in [0.717, 1.165) is 5.56 Å². The molecule has 0 spiro atoms. The zero-order valence-electron chi connectivity index (χ0n) is 15.0. The van der Waals surface area contributed by atoms with Crippen LogP contribution in [0.1, 0.15) is 28.9 Å². The van der Waals surface area contributed by atoms with Crippen LogP contribution in [0.25, 0.3) is 10.6 Å². The Morgan fingerprint density at radius 3 is 2.75 bits per heavy atom. The van der Waals surface area contributed by atoms with Crippen LogP contribution in [0.4, 0.5) is 4.39 Å². The van der Waals surface area contributed by atoms with Crippen LogP contribution in [0.2, 0.25) is 5.02 Å². The standard InChI is InChI=1S/C21H18ClFN2O2S/c22-15-5-3-14(4-6-15)11-27-16-7-8-17(18(23)9-16)21-25-19(12-28-21)20(26)24-10-13-1-2-13/h3-9,12-13H,1-2,10-11H2,(H,24,26). The van der Waals surface area contributed by atoms with E-state index in [1.54, 1.807) is 29.6 Å². The SMILES string of the molecule is O=C(NCC1CC1)c1csc(-c2ccc(OCc3ccc(Cl)cc3)cc2F)n1. The van der Waals surface area contributed by atoms with Gasteiger partial charge in [-0.1, -0.05) is 23.7 Å². The van der Waals surface area contributed by atoms with E-state index in [-0.39, 0.29) is 5.91 Å². The predicted molar refractivity (Wildman–Crippen MR) is 108 cm³/mol. The molecule has 4 nitrogen and oxygen atoms in total. The number of nitrogens with zero attached hydrogens (tertiary/aromatic N) is 1. The third-order valence-corrected chi connectivity index (χ3v) is 5.60. The fourth-order valence-corrected chi connectivity index (χ4v) is 3.61. The molecule has 0 atom stereocenters. The van der Waals surface area contributed by atoms with Gasteiger partial charge in [0, 0.05) is 28.6 Å². The van der Waals surface area contributed by atoms with E-state index in [2.05, 4.69) is 10.3 Å². The highest BCUT2D eigenvalue weighted by molar-refractivity contribution is 7.13. The van der Waals surface area contributed by atoms with Crippen molar-refractivity contribution in [1.29, 1.82) is 0 Å². The third kappa shape index (κ3) is 4.69. The Morgan fingerprint density at radius 2 is 2.04 bits per heavy atom. The summed E-state index contributed by atoms with van der Waals surface area (Å²) in [5, 5.41) is 5.65. The Labute approximate surface area is 171 Å². The van der Waals surface area contributed by atoms with E-state index in [1.165, 1.54) is 30.2 Å². The molecule has 0 bridgehead atoms. The van der Waals surface area contributed by atoms with Gasteiger partial charge in [-0.05, 0) is 48.6 Å². The first-order chi connectivity index (χ1) is 13.6. The molecule has 1 saturated carbocycles. The number of halogens is 2. The van der Waals surface area contributed by atoms with Gasteiger partial charge in [-0.3, -0.25) is 4.79 Å². The van der Waals surface area contributed by atoms with E-state index < -0.39 is 5.82 Å². The molecule has 0 saturated heterocycles. The smallest absolute Gasteiger partial charge is 0.270 e. The Bertz CT molecular complexity index is 986. The number of carbonyl (C=O) groups excluding carboxylic acids is 1. The summed E-state index contributed by atoms with van der Waals surface area (Å²) >= 11 is 7.11. The first kappa shape index (κ1) is 18.9. The predicted octanol–water partition coefficient (Wildman–Crippen LogP) is 5.32. The molecule has 1 amide bonds. The molecule has 1 heterocycles. The van der Waals surface area contributed by atoms with Crippen LogP contribution < -0.4 is 10.1 Å². The largest absolute Gasteiger partial charge is 0.489 e. The molecule has 1 aromatic heterocycles. The summed E-state index contributed by atoms with van der Waals surface area (Å²) in [7, 11) is 0. The second kappa shape index (κ2) is 8.29. The molecule has 144 valence electrons. The van der Waals surface area contributed by atoms with Crippen LogP contribution in [-0.4, -0.2) is 17.4 Å². The number of hydrogen-bond donors (Lipinski definition) is 1. The molecule has 1 aliphatic rings. The van der Waals surface area contributed by atoms with Gasteiger partial charge in [0.05, 0.1) is 0 Å². The maximum absolute atomic E-state index is 14.6. The van der Waals surface area contributed by atoms with Crippen molar-refractivity contribution in [3.05, 3.63) is 69.9 Å². The number of thiazole rings is 1. The monoisotopic (exact) mass is 416 g/mol. The highest BCUT2D eigenvalue weighted by Gasteiger charge is 2.22. The van der Waals surface area contributed by atoms with Crippen molar-refractivity contribution < 1.29 is 13.9 Å². The number of ether oxygens (including phenoxy) is 1. The average molecular weight is 417 g/mol. The van der Waals surface area contributed by atoms with Crippen LogP contribution in [0.3, 0.4) is 0 Å². The van der Waals surface area contributed by atoms with Crippen molar-refractivity contribution >= 4 is 28.8 Å². The van der Waals surface area contributed by atoms with Crippen LogP contribution in [0, 0.1) is 11.7 Å². The van der Waals surface area contributed by atoms with Gasteiger partial charge in [0.1, 0.15) is 28.9 Å². The minimum absolute atomic E-state index is 0.210. The Balaban J connectivity index is 1.41. The van der Waals surface area contributed by atoms with Gasteiger partial charge < -0.3 is 10.1 Å². The lowest BCUT2D eigenvalue weighted by molar-refractivity contribution is 0.0947. The summed E-state index contributed by atoms with van der Waals surface area (Å²) in [6.07, 6.45) is 2.33. The van der Waals surface area contributed by atoms with E-state index in [9.17, 15) is 9.18 Å². The maximum Gasteiger partial charge on any atom is 0.270 e. The van der Waals surface area contributed by atoms with E-state index in [4.69, 9.17) is 16.3 Å². The van der Waals surface area contributed by atoms with Crippen molar-refractivity contribution in [2.75, 3.05) is 6.54 Å². The Hall–Kier alpha value is -2.44. The zero-order valence-corrected chi connectivity index (χ0v) is 16.5. The number of hydrogen-bond acceptors (Lipinski definition) is 4. The van der Waals surface area contributed by atoms with Crippen molar-refractivity contribution in [3.63, 3.8) is 0 Å². The summed E-state index contributed by atoms with van der Waals surface area (Å²) < 4.78 is 20.2. The summed E-state index contributed by atoms with van der Waals surface area (Å²) in [4.78, 5) is 16.4. The highest BCUT2D eigenvalue weighted by atomic mass is 35.5. The number of aromatic nitrogens is 1. The van der Waals surface area contributed by atoms with Gasteiger partial charge in [-0.15, -0.1) is 11.3 Å². The molecule has 4 rings (SSSR count). The second-order valence-electron chi connectivity index (χ2n) is 6.75. The Morgan fingerprint density at radius 1 is 1.25 bits per heavy atom. The lowest BCUT2D eigenvalue weighted by atomic mass is 10.2. The van der Waals surface area contributed by atoms with Crippen LogP contribution in [-0.2, 0) is 6.61 Å². The highest BCUT2D eigenvalue weighted by Crippen LogP contribution is 2.30. The van der Waals surface area contributed by atoms with Crippen LogP contribution in [0.15, 0.2) is 47.8 Å². The minimum Gasteiger partial charge on any atom is -0.489 e. The first-order valence-electron chi connectivity index (χ1n) is 8.99. The Kier molecular flexibility index (Phi) is 5.59. The number of amides is 1. The summed E-state index contributed by atoms with van der Waals surface area (Å²) in [6.45, 7) is 0.998. The molecule has 28 heavy (non-hydrogen) atoms. The van der Waals surface area contributed by atoms with Crippen molar-refractivity contribution in [1.82, 2.24) is 10.3 Å². The van der Waals surface area contributed by atoms with Crippen molar-refractivity contribution in [3.8, 4) is 16.3 Å². The minimum atomic E-state index is -0.437. The maximum atomic E-state index is 14.6. The number of rotatable bonds is 7. The molecule has 7 heteroatoms. The average Bonchev–Trinajstić information content (AvgIpc) is 3.40. The molecule has 0 unspecified atom stereocenters. The third-order valence-electron chi connectivity index (χ3n) is 4.47. The molecular formula is C21H18ClFN2O2S. The van der Waals surface area contributed by atoms with E-state index >= 15 is 0 Å². The van der Waals surface area contributed by atoms with Gasteiger partial charge in [-0.2, -0.15) is 0 Å². The van der Waals surface area contributed by atoms with Gasteiger partial charge in [0.15, 0.2) is 0 Å². The summed E-state index contributed by atoms with van der Waals surface area (Å²) in [5.74, 6) is 0.376. The lowest BCUT2D eigenvalue weighted by Crippen LogP contribution is -2.25. The number of nitrogens with one attached hydrogen (secondary N) is 1. The lowest BCUT2D eigenvalue weighted by Gasteiger charge is -2.08. The summed E-state index contributed by atoms with van der Waals surface area (Å²) in [6, 6.07) is 11.9. The fraction of sp³-hybridized carbons (Fsp3) is 0.238. The summed E-state index contributed by atoms with van der Waals surface area (Å²) in [5.41, 5.74) is 1.61. The molecule has 1 fully saturated rings. The molecule has 1 aliphatic carbocycles. The molecule has 0 aliphatic heterocycles. The van der Waals surface area contributed by atoms with Gasteiger partial charge in [-0.25, -0.2) is 9.37 Å². The zero-order chi connectivity index (χ0) is 19.5. The second-order valence-corrected chi connectivity index (χ2v) is 8.04. The van der Waals surface area contributed by atoms with Gasteiger partial charge in [0.25, 0.3) is 5.91 Å². The molecular weight excluding hydrogens is 399 g/mol. The molecule has 0 radical (unpaired) electrons. The van der Waals surface area contributed by atoms with E-state index in [0.29, 0.717) is 46.1 Å². The number of carbonyl (C=O) groups is 1. The topological polar surface area (TPSA) is 51.2 Å². The fourth-order valence-electron chi connectivity index (χ4n) is 2.66. The first-order valence-corrected chi connectivity index (χ1v) is 10.2. The van der Waals surface area contributed by atoms with Crippen molar-refractivity contribution in [2.24, 2.45) is 5.92 Å². The molecule has 1 N–H and O–H groups in total. The molecule has 3 aromatic rings. The van der Waals surface area contributed by atoms with Gasteiger partial charge >= 0.3 is 0 Å². The molecule has 2 aromatic carbocycles. The normalized spacial score (nSPS) is 13.4. The number of benzene rings is 2. The van der Waals surface area contributed by atoms with Crippen LogP contribution >= 0.6 is 22.9 Å².